The Morgan fingerprint density at radius 3 is 2.67 bits per heavy atom. The molecular weight excluding hydrogens is 240 g/mol. The topological polar surface area (TPSA) is 15.3 Å². The third-order valence-electron chi connectivity index (χ3n) is 3.55. The van der Waals surface area contributed by atoms with Gasteiger partial charge in [-0.15, -0.1) is 0 Å². The molecule has 2 aromatic rings. The van der Waals surface area contributed by atoms with Gasteiger partial charge in [-0.05, 0) is 38.1 Å². The molecule has 0 aromatic heterocycles. The van der Waals surface area contributed by atoms with Crippen LogP contribution in [0.25, 0.3) is 0 Å². The van der Waals surface area contributed by atoms with Crippen molar-refractivity contribution in [3.63, 3.8) is 0 Å². The molecule has 0 fully saturated rings. The van der Waals surface area contributed by atoms with Gasteiger partial charge in [-0.3, -0.25) is 0 Å². The van der Waals surface area contributed by atoms with Gasteiger partial charge < -0.3 is 10.2 Å². The first-order valence-electron chi connectivity index (χ1n) is 6.15. The van der Waals surface area contributed by atoms with Crippen LogP contribution in [0.15, 0.2) is 52.3 Å². The SMILES string of the molecule is CC1(C)Nc2cccc3c2N1c1ccccc1S3. The van der Waals surface area contributed by atoms with Gasteiger partial charge in [0.2, 0.25) is 0 Å². The molecule has 0 unspecified atom stereocenters. The predicted molar refractivity (Wildman–Crippen MR) is 76.8 cm³/mol. The number of fused-ring (bicyclic) bond motifs is 2. The number of benzene rings is 2. The zero-order valence-electron chi connectivity index (χ0n) is 10.4. The van der Waals surface area contributed by atoms with Crippen LogP contribution >= 0.6 is 11.8 Å². The van der Waals surface area contributed by atoms with Crippen molar-refractivity contribution in [3.8, 4) is 0 Å². The van der Waals surface area contributed by atoms with Gasteiger partial charge in [0, 0.05) is 9.79 Å². The van der Waals surface area contributed by atoms with Crippen LogP contribution in [0, 0.1) is 0 Å². The molecule has 0 saturated carbocycles. The van der Waals surface area contributed by atoms with Crippen LogP contribution in [0.3, 0.4) is 0 Å². The molecule has 1 N–H and O–H groups in total. The number of hydrogen-bond acceptors (Lipinski definition) is 3. The Labute approximate surface area is 111 Å². The van der Waals surface area contributed by atoms with Crippen LogP contribution < -0.4 is 10.2 Å². The Kier molecular flexibility index (Phi) is 1.86. The van der Waals surface area contributed by atoms with Crippen molar-refractivity contribution in [1.82, 2.24) is 0 Å². The van der Waals surface area contributed by atoms with Gasteiger partial charge in [0.25, 0.3) is 0 Å². The van der Waals surface area contributed by atoms with Crippen molar-refractivity contribution in [3.05, 3.63) is 42.5 Å². The van der Waals surface area contributed by atoms with Crippen molar-refractivity contribution < 1.29 is 0 Å². The average molecular weight is 254 g/mol. The summed E-state index contributed by atoms with van der Waals surface area (Å²) in [6.45, 7) is 4.45. The zero-order chi connectivity index (χ0) is 12.3. The van der Waals surface area contributed by atoms with E-state index in [-0.39, 0.29) is 5.66 Å². The maximum atomic E-state index is 3.61. The van der Waals surface area contributed by atoms with E-state index < -0.39 is 0 Å². The van der Waals surface area contributed by atoms with E-state index in [1.54, 1.807) is 0 Å². The second kappa shape index (κ2) is 3.23. The summed E-state index contributed by atoms with van der Waals surface area (Å²) in [6.07, 6.45) is 0. The minimum absolute atomic E-state index is 0.0739. The standard InChI is InChI=1S/C15H14N2S/c1-15(2)16-10-6-5-9-13-14(10)17(15)11-7-3-4-8-12(11)18-13/h3-9,16H,1-2H3. The number of hydrogen-bond donors (Lipinski definition) is 1. The monoisotopic (exact) mass is 254 g/mol. The first-order chi connectivity index (χ1) is 8.67. The smallest absolute Gasteiger partial charge is 0.109 e. The van der Waals surface area contributed by atoms with Crippen LogP contribution in [0.2, 0.25) is 0 Å². The van der Waals surface area contributed by atoms with Crippen molar-refractivity contribution in [2.45, 2.75) is 29.3 Å². The van der Waals surface area contributed by atoms with Crippen LogP contribution in [0.5, 0.6) is 0 Å². The maximum Gasteiger partial charge on any atom is 0.109 e. The fourth-order valence-corrected chi connectivity index (χ4v) is 3.96. The molecule has 0 bridgehead atoms. The zero-order valence-corrected chi connectivity index (χ0v) is 11.2. The fraction of sp³-hybridized carbons (Fsp3) is 0.200. The summed E-state index contributed by atoms with van der Waals surface area (Å²) in [7, 11) is 0. The van der Waals surface area contributed by atoms with Crippen molar-refractivity contribution in [1.29, 1.82) is 0 Å². The van der Waals surface area contributed by atoms with E-state index in [4.69, 9.17) is 0 Å². The highest BCUT2D eigenvalue weighted by atomic mass is 32.2. The van der Waals surface area contributed by atoms with E-state index in [1.807, 2.05) is 11.8 Å². The van der Waals surface area contributed by atoms with Crippen molar-refractivity contribution in [2.24, 2.45) is 0 Å². The highest BCUT2D eigenvalue weighted by molar-refractivity contribution is 7.99. The van der Waals surface area contributed by atoms with Crippen LogP contribution in [-0.2, 0) is 0 Å². The lowest BCUT2D eigenvalue weighted by Crippen LogP contribution is -2.43. The predicted octanol–water partition coefficient (Wildman–Crippen LogP) is 4.45. The number of nitrogens with one attached hydrogen (secondary N) is 1. The molecule has 0 amide bonds. The van der Waals surface area contributed by atoms with Crippen LogP contribution in [0.1, 0.15) is 13.8 Å². The lowest BCUT2D eigenvalue weighted by molar-refractivity contribution is 0.595. The third-order valence-corrected chi connectivity index (χ3v) is 4.66. The molecule has 90 valence electrons. The molecule has 0 aliphatic carbocycles. The van der Waals surface area contributed by atoms with E-state index in [2.05, 4.69) is 66.5 Å². The molecule has 4 rings (SSSR count). The molecule has 2 aliphatic heterocycles. The molecule has 0 atom stereocenters. The van der Waals surface area contributed by atoms with Crippen LogP contribution in [-0.4, -0.2) is 5.66 Å². The highest BCUT2D eigenvalue weighted by Crippen LogP contribution is 2.56. The molecular formula is C15H14N2S. The van der Waals surface area contributed by atoms with E-state index in [0.29, 0.717) is 0 Å². The van der Waals surface area contributed by atoms with Gasteiger partial charge in [-0.2, -0.15) is 0 Å². The number of nitrogens with zero attached hydrogens (tertiary/aromatic N) is 1. The summed E-state index contributed by atoms with van der Waals surface area (Å²) < 4.78 is 0. The molecule has 2 aromatic carbocycles. The lowest BCUT2D eigenvalue weighted by Gasteiger charge is -2.37. The minimum Gasteiger partial charge on any atom is -0.361 e. The van der Waals surface area contributed by atoms with Gasteiger partial charge in [0.05, 0.1) is 17.1 Å². The highest BCUT2D eigenvalue weighted by Gasteiger charge is 2.41. The van der Waals surface area contributed by atoms with E-state index in [1.165, 1.54) is 26.9 Å². The van der Waals surface area contributed by atoms with Gasteiger partial charge in [-0.25, -0.2) is 0 Å². The Bertz CT molecular complexity index is 649. The second-order valence-electron chi connectivity index (χ2n) is 5.24. The summed E-state index contributed by atoms with van der Waals surface area (Å²) in [6, 6.07) is 15.1. The first-order valence-corrected chi connectivity index (χ1v) is 6.97. The lowest BCUT2D eigenvalue weighted by atomic mass is 10.1. The summed E-state index contributed by atoms with van der Waals surface area (Å²) in [4.78, 5) is 5.09. The van der Waals surface area contributed by atoms with Gasteiger partial charge >= 0.3 is 0 Å². The van der Waals surface area contributed by atoms with Crippen molar-refractivity contribution in [2.75, 3.05) is 10.2 Å². The van der Waals surface area contributed by atoms with Gasteiger partial charge in [-0.1, -0.05) is 30.0 Å². The molecule has 0 radical (unpaired) electrons. The van der Waals surface area contributed by atoms with E-state index in [0.717, 1.165) is 0 Å². The summed E-state index contributed by atoms with van der Waals surface area (Å²) >= 11 is 1.86. The number of anilines is 3. The Morgan fingerprint density at radius 2 is 1.78 bits per heavy atom. The van der Waals surface area contributed by atoms with Crippen LogP contribution in [0.4, 0.5) is 17.1 Å². The maximum absolute atomic E-state index is 3.61. The molecule has 18 heavy (non-hydrogen) atoms. The normalized spacial score (nSPS) is 18.0. The Hall–Kier alpha value is -1.61. The quantitative estimate of drug-likeness (QED) is 0.747. The number of rotatable bonds is 0. The summed E-state index contributed by atoms with van der Waals surface area (Å²) in [5.41, 5.74) is 3.79. The molecule has 2 heterocycles. The summed E-state index contributed by atoms with van der Waals surface area (Å²) in [5, 5.41) is 3.61. The fourth-order valence-electron chi connectivity index (χ4n) is 2.87. The van der Waals surface area contributed by atoms with Gasteiger partial charge in [0.1, 0.15) is 5.66 Å². The molecule has 0 saturated heterocycles. The average Bonchev–Trinajstić information content (AvgIpc) is 2.63. The summed E-state index contributed by atoms with van der Waals surface area (Å²) in [5.74, 6) is 0. The van der Waals surface area contributed by atoms with E-state index in [9.17, 15) is 0 Å². The molecule has 0 spiro atoms. The van der Waals surface area contributed by atoms with E-state index >= 15 is 0 Å². The Morgan fingerprint density at radius 1 is 1.00 bits per heavy atom. The van der Waals surface area contributed by atoms with Crippen molar-refractivity contribution >= 4 is 28.8 Å². The molecule has 3 heteroatoms. The molecule has 2 aliphatic rings. The molecule has 2 nitrogen and oxygen atoms in total. The number of para-hydroxylation sites is 2. The van der Waals surface area contributed by atoms with Gasteiger partial charge in [0.15, 0.2) is 0 Å². The minimum atomic E-state index is -0.0739. The largest absolute Gasteiger partial charge is 0.361 e. The second-order valence-corrected chi connectivity index (χ2v) is 6.33. The third kappa shape index (κ3) is 1.20. The Balaban J connectivity index is 2.04. The first kappa shape index (κ1) is 10.3.